The van der Waals surface area contributed by atoms with Gasteiger partial charge in [0.15, 0.2) is 16.9 Å². The molecular formula is C27H17NO6. The highest BCUT2D eigenvalue weighted by Crippen LogP contribution is 2.52. The van der Waals surface area contributed by atoms with E-state index in [1.807, 2.05) is 48.5 Å². The van der Waals surface area contributed by atoms with Crippen LogP contribution in [-0.4, -0.2) is 21.2 Å². The maximum Gasteiger partial charge on any atom is 0.312 e. The number of phenols is 2. The van der Waals surface area contributed by atoms with E-state index in [0.29, 0.717) is 16.6 Å². The lowest BCUT2D eigenvalue weighted by Gasteiger charge is -2.27. The van der Waals surface area contributed by atoms with Gasteiger partial charge in [-0.2, -0.15) is 0 Å². The van der Waals surface area contributed by atoms with Gasteiger partial charge in [-0.05, 0) is 11.6 Å². The van der Waals surface area contributed by atoms with Crippen LogP contribution in [0.5, 0.6) is 17.2 Å². The second-order valence-corrected chi connectivity index (χ2v) is 8.14. The molecule has 0 radical (unpaired) electrons. The molecule has 0 aliphatic carbocycles. The molecule has 0 saturated heterocycles. The van der Waals surface area contributed by atoms with Gasteiger partial charge in [-0.15, -0.1) is 0 Å². The second kappa shape index (κ2) is 7.45. The summed E-state index contributed by atoms with van der Waals surface area (Å²) in [6.07, 6.45) is 1.61. The summed E-state index contributed by atoms with van der Waals surface area (Å²) in [7, 11) is 0. The van der Waals surface area contributed by atoms with Crippen molar-refractivity contribution >= 4 is 27.8 Å². The number of aromatic nitrogens is 1. The fourth-order valence-electron chi connectivity index (χ4n) is 4.63. The topological polar surface area (TPSA) is 110 Å². The number of carbonyl (C=O) groups excluding carboxylic acids is 1. The summed E-state index contributed by atoms with van der Waals surface area (Å²) in [4.78, 5) is 30.2. The van der Waals surface area contributed by atoms with Gasteiger partial charge >= 0.3 is 5.97 Å². The maximum atomic E-state index is 13.1. The Morgan fingerprint density at radius 3 is 2.53 bits per heavy atom. The Bertz CT molecular complexity index is 1670. The fourth-order valence-corrected chi connectivity index (χ4v) is 4.63. The Labute approximate surface area is 192 Å². The molecule has 7 heteroatoms. The monoisotopic (exact) mass is 451 g/mol. The number of rotatable bonds is 2. The molecule has 0 amide bonds. The predicted octanol–water partition coefficient (Wildman–Crippen LogP) is 4.86. The van der Waals surface area contributed by atoms with Crippen LogP contribution in [0.2, 0.25) is 0 Å². The molecule has 3 heterocycles. The molecule has 6 rings (SSSR count). The van der Waals surface area contributed by atoms with Crippen LogP contribution in [0.25, 0.3) is 33.2 Å². The lowest BCUT2D eigenvalue weighted by molar-refractivity contribution is -0.135. The van der Waals surface area contributed by atoms with Gasteiger partial charge in [0.2, 0.25) is 5.75 Å². The van der Waals surface area contributed by atoms with Crippen LogP contribution < -0.4 is 10.2 Å². The summed E-state index contributed by atoms with van der Waals surface area (Å²) in [6.45, 7) is 0. The summed E-state index contributed by atoms with van der Waals surface area (Å²) in [5, 5.41) is 22.1. The highest BCUT2D eigenvalue weighted by atomic mass is 16.5. The largest absolute Gasteiger partial charge is 0.504 e. The number of aromatic hydroxyl groups is 2. The molecule has 166 valence electrons. The van der Waals surface area contributed by atoms with Crippen molar-refractivity contribution in [1.82, 2.24) is 4.98 Å². The van der Waals surface area contributed by atoms with Crippen LogP contribution in [0.1, 0.15) is 23.5 Å². The van der Waals surface area contributed by atoms with Gasteiger partial charge in [0.25, 0.3) is 0 Å². The lowest BCUT2D eigenvalue weighted by Crippen LogP contribution is -2.22. The number of pyridine rings is 1. The normalized spacial score (nSPS) is 15.3. The Morgan fingerprint density at radius 2 is 1.71 bits per heavy atom. The lowest BCUT2D eigenvalue weighted by atomic mass is 9.83. The molecular weight excluding hydrogens is 434 g/mol. The predicted molar refractivity (Wildman–Crippen MR) is 125 cm³/mol. The van der Waals surface area contributed by atoms with E-state index in [0.717, 1.165) is 10.9 Å². The first-order valence-corrected chi connectivity index (χ1v) is 10.7. The number of esters is 1. The molecule has 3 aromatic carbocycles. The third-order valence-corrected chi connectivity index (χ3v) is 6.15. The fraction of sp³-hybridized carbons (Fsp3) is 0.0741. The van der Waals surface area contributed by atoms with Gasteiger partial charge < -0.3 is 19.4 Å². The van der Waals surface area contributed by atoms with Crippen molar-refractivity contribution in [1.29, 1.82) is 0 Å². The van der Waals surface area contributed by atoms with Crippen molar-refractivity contribution in [3.63, 3.8) is 0 Å². The zero-order valence-electron chi connectivity index (χ0n) is 17.7. The van der Waals surface area contributed by atoms with E-state index in [9.17, 15) is 19.8 Å². The average Bonchev–Trinajstić information content (AvgIpc) is 2.86. The van der Waals surface area contributed by atoms with E-state index in [1.165, 1.54) is 6.07 Å². The first kappa shape index (κ1) is 20.0. The number of para-hydroxylation sites is 1. The molecule has 2 aromatic heterocycles. The maximum absolute atomic E-state index is 13.1. The molecule has 1 unspecified atom stereocenters. The molecule has 0 bridgehead atoms. The zero-order chi connectivity index (χ0) is 23.4. The minimum Gasteiger partial charge on any atom is -0.504 e. The van der Waals surface area contributed by atoms with Gasteiger partial charge in [0.05, 0.1) is 17.5 Å². The number of nitrogens with zero attached hydrogens (tertiary/aromatic N) is 1. The van der Waals surface area contributed by atoms with Crippen molar-refractivity contribution in [3.05, 3.63) is 94.3 Å². The molecule has 7 nitrogen and oxygen atoms in total. The SMILES string of the molecule is O=C1CC(c2cccc3cccnc23)c2c(c(O)c(O)c3c(=O)cc(-c4ccccc4)oc23)O1. The minimum absolute atomic E-state index is 0.0543. The van der Waals surface area contributed by atoms with Crippen LogP contribution in [0.3, 0.4) is 0 Å². The molecule has 2 N–H and O–H groups in total. The average molecular weight is 451 g/mol. The van der Waals surface area contributed by atoms with Gasteiger partial charge in [0.1, 0.15) is 16.7 Å². The van der Waals surface area contributed by atoms with Crippen LogP contribution in [0.15, 0.2) is 82.1 Å². The molecule has 5 aromatic rings. The summed E-state index contributed by atoms with van der Waals surface area (Å²) in [5.74, 6) is -2.50. The summed E-state index contributed by atoms with van der Waals surface area (Å²) >= 11 is 0. The number of carbonyl (C=O) groups is 1. The van der Waals surface area contributed by atoms with E-state index >= 15 is 0 Å². The Morgan fingerprint density at radius 1 is 0.912 bits per heavy atom. The molecule has 34 heavy (non-hydrogen) atoms. The number of fused-ring (bicyclic) bond motifs is 4. The third kappa shape index (κ3) is 2.94. The van der Waals surface area contributed by atoms with Crippen LogP contribution >= 0.6 is 0 Å². The molecule has 1 aliphatic rings. The third-order valence-electron chi connectivity index (χ3n) is 6.15. The van der Waals surface area contributed by atoms with Crippen molar-refractivity contribution in [2.75, 3.05) is 0 Å². The summed E-state index contributed by atoms with van der Waals surface area (Å²) in [5.41, 5.74) is 1.91. The Hall–Kier alpha value is -4.65. The quantitative estimate of drug-likeness (QED) is 0.224. The van der Waals surface area contributed by atoms with Crippen molar-refractivity contribution in [2.24, 2.45) is 0 Å². The number of benzene rings is 3. The first-order valence-electron chi connectivity index (χ1n) is 10.7. The molecule has 0 saturated carbocycles. The van der Waals surface area contributed by atoms with Gasteiger partial charge in [-0.1, -0.05) is 54.6 Å². The molecule has 0 spiro atoms. The van der Waals surface area contributed by atoms with Crippen molar-refractivity contribution < 1.29 is 24.2 Å². The molecule has 1 aliphatic heterocycles. The summed E-state index contributed by atoms with van der Waals surface area (Å²) < 4.78 is 11.5. The standard InChI is InChI=1S/C27H17NO6/c29-18-13-19(14-6-2-1-3-7-14)33-26-21-17(16-10-4-8-15-9-5-11-28-23(15)16)12-20(30)34-27(21)25(32)24(31)22(18)26/h1-11,13,17,31-32H,12H2. The number of hydrogen-bond donors (Lipinski definition) is 2. The minimum atomic E-state index is -0.688. The number of hydrogen-bond acceptors (Lipinski definition) is 7. The van der Waals surface area contributed by atoms with Crippen LogP contribution in [-0.2, 0) is 4.79 Å². The van der Waals surface area contributed by atoms with E-state index in [2.05, 4.69) is 4.98 Å². The van der Waals surface area contributed by atoms with Crippen LogP contribution in [0, 0.1) is 0 Å². The Balaban J connectivity index is 1.73. The van der Waals surface area contributed by atoms with E-state index in [-0.39, 0.29) is 28.9 Å². The molecule has 1 atom stereocenters. The van der Waals surface area contributed by atoms with E-state index < -0.39 is 28.8 Å². The van der Waals surface area contributed by atoms with Gasteiger partial charge in [-0.3, -0.25) is 14.6 Å². The van der Waals surface area contributed by atoms with Gasteiger partial charge in [0, 0.05) is 29.1 Å². The second-order valence-electron chi connectivity index (χ2n) is 8.14. The van der Waals surface area contributed by atoms with E-state index in [1.54, 1.807) is 18.3 Å². The highest BCUT2D eigenvalue weighted by molar-refractivity contribution is 5.97. The Kier molecular flexibility index (Phi) is 4.38. The number of phenolic OH excluding ortho intramolecular Hbond substituents is 2. The first-order chi connectivity index (χ1) is 16.5. The van der Waals surface area contributed by atoms with E-state index in [4.69, 9.17) is 9.15 Å². The van der Waals surface area contributed by atoms with Gasteiger partial charge in [-0.25, -0.2) is 0 Å². The van der Waals surface area contributed by atoms with Crippen molar-refractivity contribution in [2.45, 2.75) is 12.3 Å². The highest BCUT2D eigenvalue weighted by Gasteiger charge is 2.37. The smallest absolute Gasteiger partial charge is 0.312 e. The van der Waals surface area contributed by atoms with Crippen LogP contribution in [0.4, 0.5) is 0 Å². The van der Waals surface area contributed by atoms with Crippen molar-refractivity contribution in [3.8, 4) is 28.6 Å². The number of ether oxygens (including phenoxy) is 1. The zero-order valence-corrected chi connectivity index (χ0v) is 17.7. The summed E-state index contributed by atoms with van der Waals surface area (Å²) in [6, 6.07) is 19.7. The molecule has 0 fully saturated rings.